The molecule has 0 atom stereocenters. The van der Waals surface area contributed by atoms with Crippen molar-refractivity contribution in [2.24, 2.45) is 0 Å². The first-order chi connectivity index (χ1) is 7.59. The predicted octanol–water partition coefficient (Wildman–Crippen LogP) is -3.54. The van der Waals surface area contributed by atoms with Gasteiger partial charge in [-0.15, -0.1) is 0 Å². The molecule has 0 spiro atoms. The van der Waals surface area contributed by atoms with Crippen molar-refractivity contribution < 1.29 is 19.2 Å². The van der Waals surface area contributed by atoms with Gasteiger partial charge in [-0.1, -0.05) is 0 Å². The maximum atomic E-state index is 11.1. The lowest BCUT2D eigenvalue weighted by Gasteiger charge is -2.10. The van der Waals surface area contributed by atoms with Gasteiger partial charge in [-0.2, -0.15) is 0 Å². The average molecular weight is 228 g/mol. The van der Waals surface area contributed by atoms with E-state index in [1.165, 1.54) is 0 Å². The summed E-state index contributed by atoms with van der Waals surface area (Å²) in [5.74, 6) is -2.59. The molecule has 0 aromatic heterocycles. The quantitative estimate of drug-likeness (QED) is 0.321. The van der Waals surface area contributed by atoms with E-state index in [0.29, 0.717) is 0 Å². The van der Waals surface area contributed by atoms with Crippen molar-refractivity contribution in [3.05, 3.63) is 0 Å². The second-order valence-electron chi connectivity index (χ2n) is 3.07. The molecule has 16 heavy (non-hydrogen) atoms. The van der Waals surface area contributed by atoms with Crippen LogP contribution in [0.2, 0.25) is 0 Å². The van der Waals surface area contributed by atoms with Crippen molar-refractivity contribution in [2.75, 3.05) is 26.2 Å². The maximum Gasteiger partial charge on any atom is 0.309 e. The highest BCUT2D eigenvalue weighted by Gasteiger charge is 2.15. The van der Waals surface area contributed by atoms with Crippen LogP contribution < -0.4 is 21.3 Å². The Bertz CT molecular complexity index is 328. The lowest BCUT2D eigenvalue weighted by atomic mass is 10.4. The zero-order valence-corrected chi connectivity index (χ0v) is 8.46. The summed E-state index contributed by atoms with van der Waals surface area (Å²) in [6.45, 7) is -0.123. The Morgan fingerprint density at radius 2 is 1.12 bits per heavy atom. The van der Waals surface area contributed by atoms with E-state index in [0.717, 1.165) is 0 Å². The summed E-state index contributed by atoms with van der Waals surface area (Å²) < 4.78 is 0. The Kier molecular flexibility index (Phi) is 4.25. The van der Waals surface area contributed by atoms with E-state index in [1.807, 2.05) is 0 Å². The molecule has 1 saturated heterocycles. The first kappa shape index (κ1) is 12.0. The smallest absolute Gasteiger partial charge is 0.309 e. The molecule has 1 aliphatic heterocycles. The molecule has 8 nitrogen and oxygen atoms in total. The number of carbonyl (C=O) groups is 4. The fraction of sp³-hybridized carbons (Fsp3) is 0.500. The van der Waals surface area contributed by atoms with Crippen molar-refractivity contribution >= 4 is 23.6 Å². The summed E-state index contributed by atoms with van der Waals surface area (Å²) in [6, 6.07) is 0. The van der Waals surface area contributed by atoms with E-state index in [-0.39, 0.29) is 32.1 Å². The van der Waals surface area contributed by atoms with Gasteiger partial charge in [-0.05, 0) is 0 Å². The van der Waals surface area contributed by atoms with Gasteiger partial charge in [0.1, 0.15) is 0 Å². The van der Waals surface area contributed by atoms with Gasteiger partial charge in [0.15, 0.2) is 0 Å². The average Bonchev–Trinajstić information content (AvgIpc) is 2.27. The van der Waals surface area contributed by atoms with Crippen LogP contribution in [-0.2, 0) is 19.2 Å². The summed E-state index contributed by atoms with van der Waals surface area (Å²) in [5, 5.41) is 9.15. The first-order valence-corrected chi connectivity index (χ1v) is 4.69. The van der Waals surface area contributed by atoms with Crippen molar-refractivity contribution in [1.82, 2.24) is 21.3 Å². The van der Waals surface area contributed by atoms with E-state index >= 15 is 0 Å². The molecular weight excluding hydrogens is 216 g/mol. The summed E-state index contributed by atoms with van der Waals surface area (Å²) in [5.41, 5.74) is 0. The summed E-state index contributed by atoms with van der Waals surface area (Å²) in [6.07, 6.45) is 0. The van der Waals surface area contributed by atoms with Gasteiger partial charge >= 0.3 is 11.8 Å². The first-order valence-electron chi connectivity index (χ1n) is 4.69. The maximum absolute atomic E-state index is 11.1. The standard InChI is InChI=1S/C8H12N4O4/c13-5-3-11-6(14)4-12-8(16)7(15)10-2-1-9-5/h1-4H2,(H,9,13)(H,10,15)(H,11,14)(H,12,16). The van der Waals surface area contributed by atoms with Crippen LogP contribution in [-0.4, -0.2) is 49.8 Å². The molecule has 8 heteroatoms. The van der Waals surface area contributed by atoms with Gasteiger partial charge in [0.2, 0.25) is 11.8 Å². The molecule has 0 bridgehead atoms. The number of hydrogen-bond acceptors (Lipinski definition) is 4. The molecule has 1 heterocycles. The van der Waals surface area contributed by atoms with Gasteiger partial charge in [-0.3, -0.25) is 19.2 Å². The molecule has 4 amide bonds. The molecule has 0 aromatic carbocycles. The van der Waals surface area contributed by atoms with Gasteiger partial charge < -0.3 is 21.3 Å². The van der Waals surface area contributed by atoms with Crippen LogP contribution in [0, 0.1) is 0 Å². The minimum Gasteiger partial charge on any atom is -0.353 e. The second-order valence-corrected chi connectivity index (χ2v) is 3.07. The highest BCUT2D eigenvalue weighted by Crippen LogP contribution is 1.73. The Labute approximate surface area is 91.1 Å². The SMILES string of the molecule is O=C1CNC(=O)CNC(=O)C(=O)NCCN1. The van der Waals surface area contributed by atoms with Gasteiger partial charge in [-0.25, -0.2) is 0 Å². The van der Waals surface area contributed by atoms with Crippen molar-refractivity contribution in [3.8, 4) is 0 Å². The van der Waals surface area contributed by atoms with Crippen LogP contribution in [0.4, 0.5) is 0 Å². The predicted molar refractivity (Wildman–Crippen MR) is 52.0 cm³/mol. The van der Waals surface area contributed by atoms with Crippen molar-refractivity contribution in [1.29, 1.82) is 0 Å². The van der Waals surface area contributed by atoms with Crippen molar-refractivity contribution in [2.45, 2.75) is 0 Å². The molecule has 1 rings (SSSR count). The van der Waals surface area contributed by atoms with Gasteiger partial charge in [0.05, 0.1) is 13.1 Å². The molecule has 0 aromatic rings. The van der Waals surface area contributed by atoms with Crippen LogP contribution in [0.1, 0.15) is 0 Å². The molecule has 0 aliphatic carbocycles. The highest BCUT2D eigenvalue weighted by molar-refractivity contribution is 6.35. The highest BCUT2D eigenvalue weighted by atomic mass is 16.2. The van der Waals surface area contributed by atoms with E-state index in [2.05, 4.69) is 21.3 Å². The molecule has 4 N–H and O–H groups in total. The number of amides is 4. The third kappa shape index (κ3) is 3.95. The normalized spacial score (nSPS) is 19.5. The zero-order chi connectivity index (χ0) is 12.0. The minimum absolute atomic E-state index is 0.150. The molecule has 1 aliphatic rings. The van der Waals surface area contributed by atoms with Crippen LogP contribution in [0.5, 0.6) is 0 Å². The lowest BCUT2D eigenvalue weighted by Crippen LogP contribution is -2.49. The second kappa shape index (κ2) is 5.69. The van der Waals surface area contributed by atoms with E-state index in [9.17, 15) is 19.2 Å². The number of rotatable bonds is 0. The van der Waals surface area contributed by atoms with Crippen LogP contribution in [0.25, 0.3) is 0 Å². The molecule has 88 valence electrons. The number of carbonyl (C=O) groups excluding carboxylic acids is 4. The van der Waals surface area contributed by atoms with Crippen LogP contribution in [0.15, 0.2) is 0 Å². The Morgan fingerprint density at radius 1 is 0.625 bits per heavy atom. The van der Waals surface area contributed by atoms with Gasteiger partial charge in [0, 0.05) is 13.1 Å². The van der Waals surface area contributed by atoms with E-state index < -0.39 is 17.7 Å². The minimum atomic E-state index is -0.873. The lowest BCUT2D eigenvalue weighted by molar-refractivity contribution is -0.139. The number of nitrogens with one attached hydrogen (secondary N) is 4. The fourth-order valence-corrected chi connectivity index (χ4v) is 1.00. The van der Waals surface area contributed by atoms with Crippen LogP contribution in [0.3, 0.4) is 0 Å². The van der Waals surface area contributed by atoms with E-state index in [1.54, 1.807) is 0 Å². The van der Waals surface area contributed by atoms with Gasteiger partial charge in [0.25, 0.3) is 0 Å². The largest absolute Gasteiger partial charge is 0.353 e. The zero-order valence-electron chi connectivity index (χ0n) is 8.46. The van der Waals surface area contributed by atoms with E-state index in [4.69, 9.17) is 0 Å². The molecule has 1 fully saturated rings. The molecular formula is C8H12N4O4. The fourth-order valence-electron chi connectivity index (χ4n) is 1.00. The van der Waals surface area contributed by atoms with Crippen LogP contribution >= 0.6 is 0 Å². The van der Waals surface area contributed by atoms with Crippen molar-refractivity contribution in [3.63, 3.8) is 0 Å². The monoisotopic (exact) mass is 228 g/mol. The third-order valence-electron chi connectivity index (χ3n) is 1.79. The molecule has 0 saturated carbocycles. The summed E-state index contributed by atoms with van der Waals surface area (Å²) in [4.78, 5) is 44.2. The Morgan fingerprint density at radius 3 is 1.88 bits per heavy atom. The third-order valence-corrected chi connectivity index (χ3v) is 1.79. The Hall–Kier alpha value is -2.12. The molecule has 0 radical (unpaired) electrons. The summed E-state index contributed by atoms with van der Waals surface area (Å²) in [7, 11) is 0. The Balaban J connectivity index is 2.53. The summed E-state index contributed by atoms with van der Waals surface area (Å²) >= 11 is 0. The topological polar surface area (TPSA) is 116 Å². The molecule has 0 unspecified atom stereocenters. The number of hydrogen-bond donors (Lipinski definition) is 4.